The molecular formula is C11H20O2. The Morgan fingerprint density at radius 1 is 1.31 bits per heavy atom. The zero-order valence-corrected chi connectivity index (χ0v) is 8.46. The van der Waals surface area contributed by atoms with Crippen LogP contribution in [0.2, 0.25) is 0 Å². The van der Waals surface area contributed by atoms with Gasteiger partial charge in [0, 0.05) is 6.61 Å². The van der Waals surface area contributed by atoms with E-state index >= 15 is 0 Å². The quantitative estimate of drug-likeness (QED) is 0.726. The third-order valence-corrected chi connectivity index (χ3v) is 3.80. The second-order valence-electron chi connectivity index (χ2n) is 4.66. The summed E-state index contributed by atoms with van der Waals surface area (Å²) >= 11 is 0. The van der Waals surface area contributed by atoms with E-state index < -0.39 is 5.60 Å². The van der Waals surface area contributed by atoms with Crippen molar-refractivity contribution >= 4 is 0 Å². The van der Waals surface area contributed by atoms with Crippen LogP contribution in [-0.2, 0) is 4.74 Å². The van der Waals surface area contributed by atoms with Crippen molar-refractivity contribution < 1.29 is 9.84 Å². The lowest BCUT2D eigenvalue weighted by molar-refractivity contribution is -0.138. The number of ether oxygens (including phenoxy) is 1. The standard InChI is InChI=1S/C11H20O2/c1-2-13-8-11(12)7-9-3-5-10(11)6-4-9/h9-10,12H,2-8H2,1H3. The molecule has 0 aliphatic heterocycles. The molecule has 0 heterocycles. The van der Waals surface area contributed by atoms with Crippen molar-refractivity contribution in [3.63, 3.8) is 0 Å². The third-order valence-electron chi connectivity index (χ3n) is 3.80. The summed E-state index contributed by atoms with van der Waals surface area (Å²) in [6.45, 7) is 3.27. The molecule has 1 unspecified atom stereocenters. The Bertz CT molecular complexity index is 173. The minimum absolute atomic E-state index is 0.475. The van der Waals surface area contributed by atoms with Gasteiger partial charge in [0.15, 0.2) is 0 Å². The van der Waals surface area contributed by atoms with E-state index in [1.165, 1.54) is 25.7 Å². The van der Waals surface area contributed by atoms with Gasteiger partial charge < -0.3 is 9.84 Å². The summed E-state index contributed by atoms with van der Waals surface area (Å²) in [6, 6.07) is 0. The van der Waals surface area contributed by atoms with Gasteiger partial charge in [-0.15, -0.1) is 0 Å². The van der Waals surface area contributed by atoms with E-state index in [4.69, 9.17) is 4.74 Å². The molecule has 3 fully saturated rings. The highest BCUT2D eigenvalue weighted by molar-refractivity contribution is 4.97. The molecule has 0 aromatic rings. The van der Waals surface area contributed by atoms with E-state index in [9.17, 15) is 5.11 Å². The smallest absolute Gasteiger partial charge is 0.0910 e. The average molecular weight is 184 g/mol. The van der Waals surface area contributed by atoms with Crippen molar-refractivity contribution in [3.8, 4) is 0 Å². The van der Waals surface area contributed by atoms with Crippen LogP contribution in [0.15, 0.2) is 0 Å². The fraction of sp³-hybridized carbons (Fsp3) is 1.00. The molecule has 0 radical (unpaired) electrons. The van der Waals surface area contributed by atoms with Crippen LogP contribution in [0.5, 0.6) is 0 Å². The minimum atomic E-state index is -0.475. The molecule has 3 aliphatic carbocycles. The van der Waals surface area contributed by atoms with Crippen LogP contribution in [0.3, 0.4) is 0 Å². The Labute approximate surface area is 80.3 Å². The molecule has 13 heavy (non-hydrogen) atoms. The summed E-state index contributed by atoms with van der Waals surface area (Å²) in [5, 5.41) is 10.4. The van der Waals surface area contributed by atoms with Gasteiger partial charge >= 0.3 is 0 Å². The van der Waals surface area contributed by atoms with E-state index in [1.807, 2.05) is 6.92 Å². The van der Waals surface area contributed by atoms with Gasteiger partial charge in [0.25, 0.3) is 0 Å². The summed E-state index contributed by atoms with van der Waals surface area (Å²) in [5.41, 5.74) is -0.475. The number of hydrogen-bond donors (Lipinski definition) is 1. The highest BCUT2D eigenvalue weighted by Crippen LogP contribution is 2.47. The molecule has 2 nitrogen and oxygen atoms in total. The largest absolute Gasteiger partial charge is 0.387 e. The topological polar surface area (TPSA) is 29.5 Å². The monoisotopic (exact) mass is 184 g/mol. The molecule has 1 N–H and O–H groups in total. The molecule has 3 saturated carbocycles. The normalized spacial score (nSPS) is 43.8. The second kappa shape index (κ2) is 3.58. The Kier molecular flexibility index (Phi) is 2.61. The average Bonchev–Trinajstić information content (AvgIpc) is 2.16. The molecule has 0 amide bonds. The van der Waals surface area contributed by atoms with Crippen LogP contribution in [-0.4, -0.2) is 23.9 Å². The van der Waals surface area contributed by atoms with Gasteiger partial charge in [0.05, 0.1) is 12.2 Å². The van der Waals surface area contributed by atoms with Crippen LogP contribution in [0, 0.1) is 11.8 Å². The summed E-state index contributed by atoms with van der Waals surface area (Å²) in [4.78, 5) is 0. The Balaban J connectivity index is 1.97. The second-order valence-corrected chi connectivity index (χ2v) is 4.66. The third kappa shape index (κ3) is 1.75. The van der Waals surface area contributed by atoms with Crippen molar-refractivity contribution in [2.24, 2.45) is 11.8 Å². The molecule has 3 rings (SSSR count). The van der Waals surface area contributed by atoms with Crippen LogP contribution >= 0.6 is 0 Å². The van der Waals surface area contributed by atoms with Gasteiger partial charge in [-0.25, -0.2) is 0 Å². The first-order valence-electron chi connectivity index (χ1n) is 5.55. The van der Waals surface area contributed by atoms with Crippen molar-refractivity contribution in [1.82, 2.24) is 0 Å². The number of fused-ring (bicyclic) bond motifs is 3. The SMILES string of the molecule is CCOCC1(O)CC2CCC1CC2. The summed E-state index contributed by atoms with van der Waals surface area (Å²) < 4.78 is 5.38. The summed E-state index contributed by atoms with van der Waals surface area (Å²) in [7, 11) is 0. The molecule has 2 heteroatoms. The predicted octanol–water partition coefficient (Wildman–Crippen LogP) is 1.96. The maximum absolute atomic E-state index is 10.4. The molecular weight excluding hydrogens is 164 g/mol. The molecule has 76 valence electrons. The van der Waals surface area contributed by atoms with Gasteiger partial charge in [-0.1, -0.05) is 0 Å². The van der Waals surface area contributed by atoms with Gasteiger partial charge in [-0.2, -0.15) is 0 Å². The van der Waals surface area contributed by atoms with Gasteiger partial charge in [0.2, 0.25) is 0 Å². The highest BCUT2D eigenvalue weighted by Gasteiger charge is 2.46. The Morgan fingerprint density at radius 3 is 2.46 bits per heavy atom. The maximum Gasteiger partial charge on any atom is 0.0910 e. The first-order valence-corrected chi connectivity index (χ1v) is 5.55. The summed E-state index contributed by atoms with van der Waals surface area (Å²) in [5.74, 6) is 1.29. The zero-order valence-electron chi connectivity index (χ0n) is 8.46. The molecule has 0 spiro atoms. The lowest BCUT2D eigenvalue weighted by Gasteiger charge is -2.48. The van der Waals surface area contributed by atoms with E-state index in [-0.39, 0.29) is 0 Å². The van der Waals surface area contributed by atoms with Crippen molar-refractivity contribution in [2.75, 3.05) is 13.2 Å². The highest BCUT2D eigenvalue weighted by atomic mass is 16.5. The fourth-order valence-electron chi connectivity index (χ4n) is 3.03. The molecule has 0 aromatic carbocycles. The van der Waals surface area contributed by atoms with E-state index in [0.717, 1.165) is 18.9 Å². The van der Waals surface area contributed by atoms with E-state index in [2.05, 4.69) is 0 Å². The van der Waals surface area contributed by atoms with E-state index in [0.29, 0.717) is 12.5 Å². The lowest BCUT2D eigenvalue weighted by atomic mass is 9.62. The van der Waals surface area contributed by atoms with Gasteiger partial charge in [-0.3, -0.25) is 0 Å². The van der Waals surface area contributed by atoms with Crippen LogP contribution in [0.4, 0.5) is 0 Å². The molecule has 3 aliphatic rings. The maximum atomic E-state index is 10.4. The summed E-state index contributed by atoms with van der Waals surface area (Å²) in [6.07, 6.45) is 6.08. The lowest BCUT2D eigenvalue weighted by Crippen LogP contribution is -2.50. The van der Waals surface area contributed by atoms with Crippen molar-refractivity contribution in [2.45, 2.75) is 44.6 Å². The van der Waals surface area contributed by atoms with Gasteiger partial charge in [0.1, 0.15) is 0 Å². The fourth-order valence-corrected chi connectivity index (χ4v) is 3.03. The van der Waals surface area contributed by atoms with Crippen LogP contribution < -0.4 is 0 Å². The first kappa shape index (κ1) is 9.47. The Hall–Kier alpha value is -0.0800. The molecule has 0 aromatic heterocycles. The Morgan fingerprint density at radius 2 is 2.00 bits per heavy atom. The predicted molar refractivity (Wildman–Crippen MR) is 51.5 cm³/mol. The van der Waals surface area contributed by atoms with Crippen LogP contribution in [0.25, 0.3) is 0 Å². The first-order chi connectivity index (χ1) is 6.24. The van der Waals surface area contributed by atoms with Crippen molar-refractivity contribution in [1.29, 1.82) is 0 Å². The molecule has 1 atom stereocenters. The number of aliphatic hydroxyl groups is 1. The van der Waals surface area contributed by atoms with Gasteiger partial charge in [-0.05, 0) is 50.9 Å². The van der Waals surface area contributed by atoms with E-state index in [1.54, 1.807) is 0 Å². The van der Waals surface area contributed by atoms with Crippen molar-refractivity contribution in [3.05, 3.63) is 0 Å². The molecule has 2 bridgehead atoms. The van der Waals surface area contributed by atoms with Crippen LogP contribution in [0.1, 0.15) is 39.0 Å². The minimum Gasteiger partial charge on any atom is -0.387 e. The number of hydrogen-bond acceptors (Lipinski definition) is 2. The molecule has 0 saturated heterocycles. The number of rotatable bonds is 3. The zero-order chi connectivity index (χ0) is 9.31.